The Balaban J connectivity index is 4.12. The van der Waals surface area contributed by atoms with E-state index >= 15 is 0 Å². The summed E-state index contributed by atoms with van der Waals surface area (Å²) in [7, 11) is 9.96. The molecular weight excluding hydrogens is 126 g/mol. The van der Waals surface area contributed by atoms with Crippen LogP contribution < -0.4 is 5.32 Å². The molecular formula is C7H17N3. The SMILES string of the molecule is CNC=C(N(C)C)N(C)C. The summed E-state index contributed by atoms with van der Waals surface area (Å²) in [5.74, 6) is 1.16. The van der Waals surface area contributed by atoms with Crippen molar-refractivity contribution in [2.75, 3.05) is 35.2 Å². The lowest BCUT2D eigenvalue weighted by atomic mass is 10.6. The molecule has 10 heavy (non-hydrogen) atoms. The van der Waals surface area contributed by atoms with Crippen LogP contribution in [-0.2, 0) is 0 Å². The second kappa shape index (κ2) is 4.04. The fraction of sp³-hybridized carbons (Fsp3) is 0.714. The molecule has 0 aromatic heterocycles. The molecule has 0 saturated carbocycles. The molecule has 0 aromatic carbocycles. The van der Waals surface area contributed by atoms with Crippen LogP contribution in [0.25, 0.3) is 0 Å². The molecule has 3 nitrogen and oxygen atoms in total. The summed E-state index contributed by atoms with van der Waals surface area (Å²) in [6.07, 6.45) is 1.96. The minimum absolute atomic E-state index is 1.16. The van der Waals surface area contributed by atoms with E-state index in [1.54, 1.807) is 0 Å². The molecule has 0 aromatic rings. The monoisotopic (exact) mass is 143 g/mol. The highest BCUT2D eigenvalue weighted by Gasteiger charge is 1.98. The summed E-state index contributed by atoms with van der Waals surface area (Å²) in [6.45, 7) is 0. The van der Waals surface area contributed by atoms with Gasteiger partial charge in [0.25, 0.3) is 0 Å². The van der Waals surface area contributed by atoms with Crippen molar-refractivity contribution in [3.63, 3.8) is 0 Å². The number of nitrogens with one attached hydrogen (secondary N) is 1. The van der Waals surface area contributed by atoms with E-state index in [0.29, 0.717) is 0 Å². The van der Waals surface area contributed by atoms with E-state index in [2.05, 4.69) is 15.1 Å². The van der Waals surface area contributed by atoms with Gasteiger partial charge in [-0.2, -0.15) is 0 Å². The van der Waals surface area contributed by atoms with Crippen molar-refractivity contribution >= 4 is 0 Å². The Hall–Kier alpha value is -0.860. The van der Waals surface area contributed by atoms with Crippen molar-refractivity contribution in [2.45, 2.75) is 0 Å². The predicted molar refractivity (Wildman–Crippen MR) is 44.5 cm³/mol. The molecule has 0 aliphatic heterocycles. The summed E-state index contributed by atoms with van der Waals surface area (Å²) < 4.78 is 0. The minimum atomic E-state index is 1.16. The topological polar surface area (TPSA) is 18.5 Å². The average molecular weight is 143 g/mol. The number of rotatable bonds is 3. The Morgan fingerprint density at radius 2 is 1.50 bits per heavy atom. The Kier molecular flexibility index (Phi) is 3.69. The Morgan fingerprint density at radius 3 is 1.60 bits per heavy atom. The smallest absolute Gasteiger partial charge is 0.119 e. The molecule has 0 saturated heterocycles. The third-order valence-corrected chi connectivity index (χ3v) is 1.19. The van der Waals surface area contributed by atoms with E-state index in [1.807, 2.05) is 41.4 Å². The Labute approximate surface area is 63.3 Å². The zero-order chi connectivity index (χ0) is 8.15. The second-order valence-corrected chi connectivity index (χ2v) is 2.58. The highest BCUT2D eigenvalue weighted by molar-refractivity contribution is 4.94. The highest BCUT2D eigenvalue weighted by Crippen LogP contribution is 1.98. The first-order valence-corrected chi connectivity index (χ1v) is 3.31. The van der Waals surface area contributed by atoms with Crippen molar-refractivity contribution in [1.82, 2.24) is 15.1 Å². The second-order valence-electron chi connectivity index (χ2n) is 2.58. The molecule has 0 aliphatic rings. The molecule has 1 N–H and O–H groups in total. The van der Waals surface area contributed by atoms with Crippen LogP contribution in [0.4, 0.5) is 0 Å². The molecule has 0 radical (unpaired) electrons. The van der Waals surface area contributed by atoms with Gasteiger partial charge in [-0.15, -0.1) is 0 Å². The summed E-state index contributed by atoms with van der Waals surface area (Å²) in [5.41, 5.74) is 0. The zero-order valence-electron chi connectivity index (χ0n) is 7.47. The van der Waals surface area contributed by atoms with E-state index in [4.69, 9.17) is 0 Å². The largest absolute Gasteiger partial charge is 0.391 e. The lowest BCUT2D eigenvalue weighted by Gasteiger charge is -2.24. The predicted octanol–water partition coefficient (Wildman–Crippen LogP) is 0.128. The van der Waals surface area contributed by atoms with Gasteiger partial charge in [-0.05, 0) is 0 Å². The van der Waals surface area contributed by atoms with Crippen molar-refractivity contribution in [1.29, 1.82) is 0 Å². The maximum absolute atomic E-state index is 2.99. The van der Waals surface area contributed by atoms with Crippen LogP contribution in [-0.4, -0.2) is 45.0 Å². The molecule has 0 amide bonds. The van der Waals surface area contributed by atoms with Crippen molar-refractivity contribution in [3.05, 3.63) is 12.0 Å². The highest BCUT2D eigenvalue weighted by atomic mass is 15.3. The van der Waals surface area contributed by atoms with Crippen molar-refractivity contribution in [3.8, 4) is 0 Å². The van der Waals surface area contributed by atoms with Gasteiger partial charge in [-0.3, -0.25) is 0 Å². The van der Waals surface area contributed by atoms with Gasteiger partial charge in [0.15, 0.2) is 0 Å². The van der Waals surface area contributed by atoms with Crippen LogP contribution in [0.2, 0.25) is 0 Å². The first kappa shape index (κ1) is 9.14. The van der Waals surface area contributed by atoms with Gasteiger partial charge < -0.3 is 15.1 Å². The third kappa shape index (κ3) is 2.62. The van der Waals surface area contributed by atoms with Gasteiger partial charge in [0.05, 0.1) is 0 Å². The van der Waals surface area contributed by atoms with Crippen LogP contribution in [0.1, 0.15) is 0 Å². The van der Waals surface area contributed by atoms with Crippen molar-refractivity contribution < 1.29 is 0 Å². The standard InChI is InChI=1S/C7H17N3/c1-8-6-7(9(2)3)10(4)5/h6,8H,1-5H3. The fourth-order valence-electron chi connectivity index (χ4n) is 0.787. The van der Waals surface area contributed by atoms with Gasteiger partial charge in [0.2, 0.25) is 0 Å². The fourth-order valence-corrected chi connectivity index (χ4v) is 0.787. The van der Waals surface area contributed by atoms with Crippen LogP contribution >= 0.6 is 0 Å². The van der Waals surface area contributed by atoms with E-state index in [9.17, 15) is 0 Å². The van der Waals surface area contributed by atoms with Crippen LogP contribution in [0.15, 0.2) is 12.0 Å². The molecule has 0 aliphatic carbocycles. The molecule has 0 bridgehead atoms. The van der Waals surface area contributed by atoms with E-state index in [-0.39, 0.29) is 0 Å². The van der Waals surface area contributed by atoms with Crippen molar-refractivity contribution in [2.24, 2.45) is 0 Å². The van der Waals surface area contributed by atoms with E-state index < -0.39 is 0 Å². The molecule has 0 heterocycles. The van der Waals surface area contributed by atoms with Crippen LogP contribution in [0.3, 0.4) is 0 Å². The average Bonchev–Trinajstić information content (AvgIpc) is 1.81. The molecule has 60 valence electrons. The lowest BCUT2D eigenvalue weighted by Crippen LogP contribution is -2.26. The quantitative estimate of drug-likeness (QED) is 0.606. The molecule has 3 heteroatoms. The Morgan fingerprint density at radius 1 is 1.10 bits per heavy atom. The van der Waals surface area contributed by atoms with Gasteiger partial charge in [0.1, 0.15) is 5.82 Å². The van der Waals surface area contributed by atoms with Gasteiger partial charge in [-0.25, -0.2) is 0 Å². The third-order valence-electron chi connectivity index (χ3n) is 1.19. The van der Waals surface area contributed by atoms with Crippen LogP contribution in [0, 0.1) is 0 Å². The van der Waals surface area contributed by atoms with Gasteiger partial charge >= 0.3 is 0 Å². The molecule has 0 spiro atoms. The Bertz CT molecular complexity index is 106. The molecule has 0 fully saturated rings. The molecule has 0 atom stereocenters. The molecule has 0 rings (SSSR count). The minimum Gasteiger partial charge on any atom is -0.391 e. The zero-order valence-corrected chi connectivity index (χ0v) is 7.47. The van der Waals surface area contributed by atoms with Crippen LogP contribution in [0.5, 0.6) is 0 Å². The first-order chi connectivity index (χ1) is 4.59. The molecule has 0 unspecified atom stereocenters. The number of hydrogen-bond acceptors (Lipinski definition) is 3. The summed E-state index contributed by atoms with van der Waals surface area (Å²) in [5, 5.41) is 2.99. The normalized spacial score (nSPS) is 8.50. The maximum atomic E-state index is 2.99. The first-order valence-electron chi connectivity index (χ1n) is 3.31. The summed E-state index contributed by atoms with van der Waals surface area (Å²) >= 11 is 0. The summed E-state index contributed by atoms with van der Waals surface area (Å²) in [4.78, 5) is 4.10. The number of nitrogens with zero attached hydrogens (tertiary/aromatic N) is 2. The number of hydrogen-bond donors (Lipinski definition) is 1. The maximum Gasteiger partial charge on any atom is 0.119 e. The van der Waals surface area contributed by atoms with Gasteiger partial charge in [-0.1, -0.05) is 0 Å². The summed E-state index contributed by atoms with van der Waals surface area (Å²) in [6, 6.07) is 0. The lowest BCUT2D eigenvalue weighted by molar-refractivity contribution is 0.339. The van der Waals surface area contributed by atoms with Gasteiger partial charge in [0, 0.05) is 41.4 Å². The van der Waals surface area contributed by atoms with E-state index in [0.717, 1.165) is 5.82 Å². The van der Waals surface area contributed by atoms with E-state index in [1.165, 1.54) is 0 Å².